The molecule has 0 saturated carbocycles. The van der Waals surface area contributed by atoms with Crippen molar-refractivity contribution in [2.24, 2.45) is 0 Å². The van der Waals surface area contributed by atoms with Crippen molar-refractivity contribution in [3.63, 3.8) is 0 Å². The molecule has 1 fully saturated rings. The van der Waals surface area contributed by atoms with E-state index in [4.69, 9.17) is 9.72 Å². The van der Waals surface area contributed by atoms with Crippen molar-refractivity contribution in [3.8, 4) is 5.75 Å². The molecule has 5 rings (SSSR count). The van der Waals surface area contributed by atoms with Gasteiger partial charge in [-0.15, -0.1) is 13.2 Å². The van der Waals surface area contributed by atoms with E-state index < -0.39 is 35.4 Å². The van der Waals surface area contributed by atoms with Crippen LogP contribution in [0.2, 0.25) is 0 Å². The fourth-order valence-electron chi connectivity index (χ4n) is 4.96. The number of nitrogens with zero attached hydrogens (tertiary/aromatic N) is 3. The largest absolute Gasteiger partial charge is 0.573 e. The van der Waals surface area contributed by atoms with E-state index in [9.17, 15) is 35.9 Å². The molecule has 0 spiro atoms. The Bertz CT molecular complexity index is 1470. The van der Waals surface area contributed by atoms with Crippen molar-refractivity contribution in [1.82, 2.24) is 14.8 Å². The zero-order valence-electron chi connectivity index (χ0n) is 21.4. The molecular formula is C27H24F6N4O4. The molecule has 8 nitrogen and oxygen atoms in total. The Hall–Kier alpha value is -3.91. The molecule has 0 unspecified atom stereocenters. The number of rotatable bonds is 5. The summed E-state index contributed by atoms with van der Waals surface area (Å²) in [4.78, 5) is 34.6. The van der Waals surface area contributed by atoms with Crippen LogP contribution in [0, 0.1) is 0 Å². The monoisotopic (exact) mass is 582 g/mol. The van der Waals surface area contributed by atoms with E-state index in [0.29, 0.717) is 85.2 Å². The molecule has 218 valence electrons. The quantitative estimate of drug-likeness (QED) is 0.442. The maximum Gasteiger partial charge on any atom is 0.573 e. The third-order valence-electron chi connectivity index (χ3n) is 6.81. The standard InChI is InChI=1S/C27H24F6N4O4/c28-26(29,30)16-5-6-22(41-27(31,32)33)21(13-16)35-23(38)15-36-8-7-20-18(14-36)24(17-3-1-2-4-19(17)34-20)25(39)37-9-11-40-12-10-37/h1-6,13H,7-12,14-15H2,(H,35,38). The molecule has 1 N–H and O–H groups in total. The van der Waals surface area contributed by atoms with Gasteiger partial charge in [0.1, 0.15) is 0 Å². The van der Waals surface area contributed by atoms with Crippen molar-refractivity contribution in [3.05, 3.63) is 64.8 Å². The van der Waals surface area contributed by atoms with Crippen LogP contribution in [0.3, 0.4) is 0 Å². The number of anilines is 1. The summed E-state index contributed by atoms with van der Waals surface area (Å²) < 4.78 is 87.4. The number of morpholine rings is 1. The number of alkyl halides is 6. The van der Waals surface area contributed by atoms with Crippen LogP contribution >= 0.6 is 0 Å². The highest BCUT2D eigenvalue weighted by molar-refractivity contribution is 6.07. The Balaban J connectivity index is 1.40. The van der Waals surface area contributed by atoms with E-state index in [1.165, 1.54) is 0 Å². The van der Waals surface area contributed by atoms with Gasteiger partial charge in [0.2, 0.25) is 5.91 Å². The molecule has 2 aliphatic rings. The molecule has 3 heterocycles. The van der Waals surface area contributed by atoms with Crippen LogP contribution in [0.4, 0.5) is 32.0 Å². The van der Waals surface area contributed by atoms with E-state index >= 15 is 0 Å². The van der Waals surface area contributed by atoms with Gasteiger partial charge < -0.3 is 19.7 Å². The second kappa shape index (κ2) is 11.2. The third kappa shape index (κ3) is 6.54. The van der Waals surface area contributed by atoms with Gasteiger partial charge in [-0.1, -0.05) is 18.2 Å². The van der Waals surface area contributed by atoms with Crippen molar-refractivity contribution in [1.29, 1.82) is 0 Å². The second-order valence-corrected chi connectivity index (χ2v) is 9.60. The average molecular weight is 583 g/mol. The summed E-state index contributed by atoms with van der Waals surface area (Å²) in [5.41, 5.74) is 0.399. The summed E-state index contributed by atoms with van der Waals surface area (Å²) in [5.74, 6) is -2.03. The topological polar surface area (TPSA) is 84.0 Å². The number of hydrogen-bond acceptors (Lipinski definition) is 6. The zero-order valence-corrected chi connectivity index (χ0v) is 21.4. The highest BCUT2D eigenvalue weighted by Gasteiger charge is 2.36. The molecule has 3 aromatic rings. The van der Waals surface area contributed by atoms with E-state index in [1.807, 2.05) is 6.07 Å². The van der Waals surface area contributed by atoms with Gasteiger partial charge in [-0.2, -0.15) is 13.2 Å². The van der Waals surface area contributed by atoms with Crippen LogP contribution in [-0.2, 0) is 28.7 Å². The first-order valence-electron chi connectivity index (χ1n) is 12.7. The number of para-hydroxylation sites is 1. The predicted octanol–water partition coefficient (Wildman–Crippen LogP) is 4.62. The lowest BCUT2D eigenvalue weighted by Gasteiger charge is -2.32. The van der Waals surface area contributed by atoms with Crippen LogP contribution < -0.4 is 10.1 Å². The normalized spacial score (nSPS) is 16.4. The number of carbonyl (C=O) groups is 2. The Morgan fingerprint density at radius 3 is 2.44 bits per heavy atom. The van der Waals surface area contributed by atoms with Gasteiger partial charge in [0.05, 0.1) is 42.1 Å². The summed E-state index contributed by atoms with van der Waals surface area (Å²) in [6.07, 6.45) is -9.66. The summed E-state index contributed by atoms with van der Waals surface area (Å²) in [7, 11) is 0. The molecule has 2 aromatic carbocycles. The molecule has 1 saturated heterocycles. The van der Waals surface area contributed by atoms with Crippen LogP contribution in [0.1, 0.15) is 27.2 Å². The van der Waals surface area contributed by atoms with E-state index in [0.717, 1.165) is 0 Å². The van der Waals surface area contributed by atoms with E-state index in [2.05, 4.69) is 10.1 Å². The van der Waals surface area contributed by atoms with E-state index in [-0.39, 0.29) is 19.0 Å². The lowest BCUT2D eigenvalue weighted by atomic mass is 9.94. The number of fused-ring (bicyclic) bond motifs is 2. The summed E-state index contributed by atoms with van der Waals surface area (Å²) in [5, 5.41) is 2.77. The van der Waals surface area contributed by atoms with Gasteiger partial charge in [0, 0.05) is 49.2 Å². The van der Waals surface area contributed by atoms with Crippen LogP contribution in [0.25, 0.3) is 10.9 Å². The van der Waals surface area contributed by atoms with Crippen molar-refractivity contribution in [2.45, 2.75) is 25.5 Å². The van der Waals surface area contributed by atoms with Crippen molar-refractivity contribution >= 4 is 28.4 Å². The summed E-state index contributed by atoms with van der Waals surface area (Å²) in [6, 6.07) is 8.52. The molecule has 2 aliphatic heterocycles. The fourth-order valence-corrected chi connectivity index (χ4v) is 4.96. The smallest absolute Gasteiger partial charge is 0.404 e. The lowest BCUT2D eigenvalue weighted by molar-refractivity contribution is -0.274. The van der Waals surface area contributed by atoms with Gasteiger partial charge in [-0.3, -0.25) is 19.5 Å². The molecular weight excluding hydrogens is 558 g/mol. The van der Waals surface area contributed by atoms with Gasteiger partial charge >= 0.3 is 12.5 Å². The maximum absolute atomic E-state index is 13.7. The number of carbonyl (C=O) groups excluding carboxylic acids is 2. The number of nitrogens with one attached hydrogen (secondary N) is 1. The SMILES string of the molecule is O=C(CN1CCc2nc3ccccc3c(C(=O)N3CCOCC3)c2C1)Nc1cc(C(F)(F)F)ccc1OC(F)(F)F. The number of hydrogen-bond donors (Lipinski definition) is 1. The highest BCUT2D eigenvalue weighted by atomic mass is 19.4. The summed E-state index contributed by atoms with van der Waals surface area (Å²) >= 11 is 0. The minimum Gasteiger partial charge on any atom is -0.404 e. The number of halogens is 6. The lowest BCUT2D eigenvalue weighted by Crippen LogP contribution is -2.43. The molecule has 0 atom stereocenters. The second-order valence-electron chi connectivity index (χ2n) is 9.60. The zero-order chi connectivity index (χ0) is 29.4. The minimum atomic E-state index is -5.19. The summed E-state index contributed by atoms with van der Waals surface area (Å²) in [6.45, 7) is 1.72. The minimum absolute atomic E-state index is 0.125. The first-order chi connectivity index (χ1) is 19.4. The number of benzene rings is 2. The van der Waals surface area contributed by atoms with Gasteiger partial charge in [-0.05, 0) is 24.3 Å². The highest BCUT2D eigenvalue weighted by Crippen LogP contribution is 2.37. The number of pyridine rings is 1. The number of ether oxygens (including phenoxy) is 2. The van der Waals surface area contributed by atoms with E-state index in [1.54, 1.807) is 28.0 Å². The Morgan fingerprint density at radius 2 is 1.73 bits per heavy atom. The molecule has 0 aliphatic carbocycles. The molecule has 41 heavy (non-hydrogen) atoms. The first kappa shape index (κ1) is 28.6. The molecule has 2 amide bonds. The average Bonchev–Trinajstić information content (AvgIpc) is 2.91. The van der Waals surface area contributed by atoms with Gasteiger partial charge in [-0.25, -0.2) is 0 Å². The van der Waals surface area contributed by atoms with Gasteiger partial charge in [0.25, 0.3) is 5.91 Å². The Kier molecular flexibility index (Phi) is 7.79. The fraction of sp³-hybridized carbons (Fsp3) is 0.370. The van der Waals surface area contributed by atoms with Gasteiger partial charge in [0.15, 0.2) is 5.75 Å². The molecule has 0 bridgehead atoms. The Morgan fingerprint density at radius 1 is 1.00 bits per heavy atom. The van der Waals surface area contributed by atoms with Crippen LogP contribution in [0.15, 0.2) is 42.5 Å². The molecule has 1 aromatic heterocycles. The molecule has 14 heteroatoms. The van der Waals surface area contributed by atoms with Crippen LogP contribution in [-0.4, -0.2) is 72.4 Å². The van der Waals surface area contributed by atoms with Crippen molar-refractivity contribution < 1.29 is 45.4 Å². The Labute approximate surface area is 229 Å². The number of aromatic nitrogens is 1. The first-order valence-corrected chi connectivity index (χ1v) is 12.7. The maximum atomic E-state index is 13.7. The molecule has 0 radical (unpaired) electrons. The van der Waals surface area contributed by atoms with Crippen LogP contribution in [0.5, 0.6) is 5.75 Å². The predicted molar refractivity (Wildman–Crippen MR) is 134 cm³/mol. The van der Waals surface area contributed by atoms with Crippen molar-refractivity contribution in [2.75, 3.05) is 44.7 Å². The third-order valence-corrected chi connectivity index (χ3v) is 6.81. The number of amides is 2.